The zero-order valence-corrected chi connectivity index (χ0v) is 13.5. The summed E-state index contributed by atoms with van der Waals surface area (Å²) in [5.74, 6) is 3.28. The van der Waals surface area contributed by atoms with Crippen molar-refractivity contribution in [2.45, 2.75) is 58.8 Å². The first-order valence-electron chi connectivity index (χ1n) is 6.17. The fourth-order valence-electron chi connectivity index (χ4n) is 1.46. The Morgan fingerprint density at radius 1 is 1.19 bits per heavy atom. The summed E-state index contributed by atoms with van der Waals surface area (Å²) in [6.45, 7) is 14.8. The fraction of sp³-hybridized carbons (Fsp3) is 0.692. The fourth-order valence-corrected chi connectivity index (χ4v) is 7.81. The predicted octanol–water partition coefficient (Wildman–Crippen LogP) is 4.26. The standard InChI is InChI=1S/C13H26OSi2/c1-7-9-10-11-12-13-16(5,6)14-15(3,4)8-2/h8H,2,7,9-11H2,1,3-6H3. The molecule has 0 saturated heterocycles. The molecule has 3 heteroatoms. The summed E-state index contributed by atoms with van der Waals surface area (Å²) < 4.78 is 6.17. The van der Waals surface area contributed by atoms with Crippen molar-refractivity contribution in [1.29, 1.82) is 0 Å². The van der Waals surface area contributed by atoms with Gasteiger partial charge in [0.25, 0.3) is 8.32 Å². The molecule has 0 atom stereocenters. The Hall–Kier alpha value is -0.306. The molecule has 0 aliphatic heterocycles. The lowest BCUT2D eigenvalue weighted by Gasteiger charge is -2.27. The Labute approximate surface area is 104 Å². The predicted molar refractivity (Wildman–Crippen MR) is 78.2 cm³/mol. The molecular weight excluding hydrogens is 228 g/mol. The highest BCUT2D eigenvalue weighted by molar-refractivity contribution is 6.90. The topological polar surface area (TPSA) is 9.23 Å². The first kappa shape index (κ1) is 15.7. The summed E-state index contributed by atoms with van der Waals surface area (Å²) in [5, 5.41) is 0. The molecule has 0 rings (SSSR count). The molecule has 0 unspecified atom stereocenters. The molecule has 0 bridgehead atoms. The van der Waals surface area contributed by atoms with Crippen LogP contribution in [0.2, 0.25) is 26.2 Å². The van der Waals surface area contributed by atoms with Crippen LogP contribution < -0.4 is 0 Å². The van der Waals surface area contributed by atoms with Crippen LogP contribution in [-0.2, 0) is 4.12 Å². The Kier molecular flexibility index (Phi) is 6.97. The van der Waals surface area contributed by atoms with E-state index >= 15 is 0 Å². The van der Waals surface area contributed by atoms with Crippen LogP contribution in [0.5, 0.6) is 0 Å². The zero-order chi connectivity index (χ0) is 12.7. The van der Waals surface area contributed by atoms with Gasteiger partial charge in [-0.2, -0.15) is 0 Å². The molecule has 0 fully saturated rings. The van der Waals surface area contributed by atoms with Gasteiger partial charge in [-0.05, 0) is 32.6 Å². The monoisotopic (exact) mass is 254 g/mol. The smallest absolute Gasteiger partial charge is 0.256 e. The van der Waals surface area contributed by atoms with E-state index in [-0.39, 0.29) is 0 Å². The first-order valence-corrected chi connectivity index (χ1v) is 12.1. The van der Waals surface area contributed by atoms with Gasteiger partial charge >= 0.3 is 0 Å². The summed E-state index contributed by atoms with van der Waals surface area (Å²) in [5.41, 5.74) is 5.35. The maximum Gasteiger partial charge on any atom is 0.256 e. The molecule has 0 aliphatic rings. The van der Waals surface area contributed by atoms with Crippen LogP contribution in [0.25, 0.3) is 0 Å². The maximum absolute atomic E-state index is 6.17. The highest BCUT2D eigenvalue weighted by Gasteiger charge is 2.29. The van der Waals surface area contributed by atoms with Crippen LogP contribution in [-0.4, -0.2) is 16.6 Å². The van der Waals surface area contributed by atoms with Crippen molar-refractivity contribution in [3.05, 3.63) is 12.3 Å². The molecule has 0 N–H and O–H groups in total. The molecule has 0 aliphatic carbocycles. The van der Waals surface area contributed by atoms with Crippen LogP contribution in [0, 0.1) is 11.5 Å². The van der Waals surface area contributed by atoms with E-state index in [1.165, 1.54) is 19.3 Å². The van der Waals surface area contributed by atoms with E-state index in [2.05, 4.69) is 51.2 Å². The van der Waals surface area contributed by atoms with Gasteiger partial charge in [-0.15, -0.1) is 12.5 Å². The SMILES string of the molecule is C=C[Si](C)(C)O[Si](C)(C)C#CCCCCC. The molecule has 0 aromatic heterocycles. The lowest BCUT2D eigenvalue weighted by atomic mass is 10.2. The van der Waals surface area contributed by atoms with Crippen molar-refractivity contribution in [1.82, 2.24) is 0 Å². The minimum absolute atomic E-state index is 1.02. The van der Waals surface area contributed by atoms with Gasteiger partial charge < -0.3 is 4.12 Å². The molecule has 16 heavy (non-hydrogen) atoms. The number of unbranched alkanes of at least 4 members (excludes halogenated alkanes) is 3. The number of hydrogen-bond acceptors (Lipinski definition) is 1. The lowest BCUT2D eigenvalue weighted by molar-refractivity contribution is 0.573. The van der Waals surface area contributed by atoms with Crippen LogP contribution in [0.3, 0.4) is 0 Å². The minimum atomic E-state index is -1.79. The van der Waals surface area contributed by atoms with E-state index in [1.54, 1.807) is 0 Å². The molecule has 1 nitrogen and oxygen atoms in total. The molecule has 92 valence electrons. The van der Waals surface area contributed by atoms with Crippen molar-refractivity contribution in [3.63, 3.8) is 0 Å². The Morgan fingerprint density at radius 2 is 1.81 bits per heavy atom. The summed E-state index contributed by atoms with van der Waals surface area (Å²) in [4.78, 5) is 0. The van der Waals surface area contributed by atoms with Gasteiger partial charge in [-0.3, -0.25) is 0 Å². The van der Waals surface area contributed by atoms with Crippen molar-refractivity contribution < 1.29 is 4.12 Å². The third kappa shape index (κ3) is 7.92. The normalized spacial score (nSPS) is 11.8. The van der Waals surface area contributed by atoms with Gasteiger partial charge in [0.1, 0.15) is 0 Å². The van der Waals surface area contributed by atoms with Crippen molar-refractivity contribution >= 4 is 16.6 Å². The average Bonchev–Trinajstić information content (AvgIpc) is 2.16. The van der Waals surface area contributed by atoms with E-state index in [4.69, 9.17) is 4.12 Å². The third-order valence-electron chi connectivity index (χ3n) is 2.30. The molecule has 0 aromatic carbocycles. The lowest BCUT2D eigenvalue weighted by Crippen LogP contribution is -2.42. The molecule has 0 spiro atoms. The van der Waals surface area contributed by atoms with Gasteiger partial charge in [0.05, 0.1) is 0 Å². The van der Waals surface area contributed by atoms with E-state index in [9.17, 15) is 0 Å². The van der Waals surface area contributed by atoms with Crippen molar-refractivity contribution in [2.75, 3.05) is 0 Å². The highest BCUT2D eigenvalue weighted by Crippen LogP contribution is 2.14. The van der Waals surface area contributed by atoms with Gasteiger partial charge in [-0.25, -0.2) is 0 Å². The van der Waals surface area contributed by atoms with Crippen molar-refractivity contribution in [2.24, 2.45) is 0 Å². The third-order valence-corrected chi connectivity index (χ3v) is 8.21. The summed E-state index contributed by atoms with van der Waals surface area (Å²) in [6.07, 6.45) is 4.78. The number of rotatable bonds is 6. The molecular formula is C13H26OSi2. The first-order chi connectivity index (χ1) is 7.33. The second-order valence-electron chi connectivity index (χ2n) is 5.18. The van der Waals surface area contributed by atoms with Gasteiger partial charge in [0.15, 0.2) is 8.32 Å². The highest BCUT2D eigenvalue weighted by atomic mass is 28.4. The van der Waals surface area contributed by atoms with E-state index < -0.39 is 16.6 Å². The summed E-state index contributed by atoms with van der Waals surface area (Å²) in [6, 6.07) is 0. The molecule has 0 heterocycles. The molecule has 0 saturated carbocycles. The molecule has 0 radical (unpaired) electrons. The number of hydrogen-bond donors (Lipinski definition) is 0. The average molecular weight is 255 g/mol. The Balaban J connectivity index is 4.17. The van der Waals surface area contributed by atoms with Gasteiger partial charge in [0.2, 0.25) is 0 Å². The van der Waals surface area contributed by atoms with E-state index in [0.717, 1.165) is 6.42 Å². The summed E-state index contributed by atoms with van der Waals surface area (Å²) >= 11 is 0. The van der Waals surface area contributed by atoms with Crippen molar-refractivity contribution in [3.8, 4) is 11.5 Å². The largest absolute Gasteiger partial charge is 0.444 e. The van der Waals surface area contributed by atoms with Crippen LogP contribution in [0.4, 0.5) is 0 Å². The Morgan fingerprint density at radius 3 is 2.31 bits per heavy atom. The van der Waals surface area contributed by atoms with E-state index in [1.807, 2.05) is 5.70 Å². The van der Waals surface area contributed by atoms with Gasteiger partial charge in [0, 0.05) is 6.42 Å². The minimum Gasteiger partial charge on any atom is -0.444 e. The van der Waals surface area contributed by atoms with Crippen LogP contribution in [0.15, 0.2) is 12.3 Å². The zero-order valence-electron chi connectivity index (χ0n) is 11.5. The summed E-state index contributed by atoms with van der Waals surface area (Å²) in [7, 11) is -3.46. The van der Waals surface area contributed by atoms with Crippen LogP contribution in [0.1, 0.15) is 32.6 Å². The van der Waals surface area contributed by atoms with Gasteiger partial charge in [-0.1, -0.05) is 31.0 Å². The Bertz CT molecular complexity index is 271. The molecule has 0 amide bonds. The van der Waals surface area contributed by atoms with E-state index in [0.29, 0.717) is 0 Å². The second-order valence-corrected chi connectivity index (χ2v) is 12.9. The maximum atomic E-state index is 6.17. The second kappa shape index (κ2) is 7.10. The quantitative estimate of drug-likeness (QED) is 0.391. The molecule has 0 aromatic rings. The van der Waals surface area contributed by atoms with Crippen LogP contribution >= 0.6 is 0 Å².